The second-order valence-electron chi connectivity index (χ2n) is 4.07. The number of carboxylic acids is 1. The fraction of sp³-hybridized carbons (Fsp3) is 0.250. The number of thiophene rings is 1. The number of hydrogen-bond acceptors (Lipinski definition) is 5. The molecule has 20 heavy (non-hydrogen) atoms. The number of carbonyl (C=O) groups is 1. The minimum Gasteiger partial charge on any atom is -0.480 e. The number of benzene rings is 1. The molecule has 1 heterocycles. The van der Waals surface area contributed by atoms with Gasteiger partial charge in [0.15, 0.2) is 0 Å². The summed E-state index contributed by atoms with van der Waals surface area (Å²) in [6.07, 6.45) is 0. The van der Waals surface area contributed by atoms with Gasteiger partial charge in [0, 0.05) is 17.8 Å². The van der Waals surface area contributed by atoms with Crippen molar-refractivity contribution >= 4 is 37.4 Å². The quantitative estimate of drug-likeness (QED) is 0.659. The first-order valence-corrected chi connectivity index (χ1v) is 8.20. The Balaban J connectivity index is 1.97. The van der Waals surface area contributed by atoms with E-state index < -0.39 is 16.0 Å². The molecule has 0 amide bonds. The van der Waals surface area contributed by atoms with Crippen LogP contribution in [0.2, 0.25) is 0 Å². The van der Waals surface area contributed by atoms with Crippen molar-refractivity contribution in [2.45, 2.75) is 4.21 Å². The molecule has 0 atom stereocenters. The molecular weight excluding hydrogens is 300 g/mol. The van der Waals surface area contributed by atoms with Crippen molar-refractivity contribution in [2.24, 2.45) is 0 Å². The Morgan fingerprint density at radius 1 is 1.25 bits per heavy atom. The molecule has 0 radical (unpaired) electrons. The maximum atomic E-state index is 12.1. The zero-order valence-corrected chi connectivity index (χ0v) is 12.1. The van der Waals surface area contributed by atoms with E-state index in [2.05, 4.69) is 10.0 Å². The van der Waals surface area contributed by atoms with Crippen LogP contribution in [0.5, 0.6) is 0 Å². The van der Waals surface area contributed by atoms with Gasteiger partial charge in [-0.15, -0.1) is 11.3 Å². The highest BCUT2D eigenvalue weighted by Gasteiger charge is 2.16. The van der Waals surface area contributed by atoms with Gasteiger partial charge in [0.1, 0.15) is 4.21 Å². The topological polar surface area (TPSA) is 95.5 Å². The average Bonchev–Trinajstić information content (AvgIpc) is 2.82. The van der Waals surface area contributed by atoms with Crippen LogP contribution in [0.3, 0.4) is 0 Å². The molecule has 0 fully saturated rings. The van der Waals surface area contributed by atoms with E-state index in [1.807, 2.05) is 24.3 Å². The van der Waals surface area contributed by atoms with Crippen molar-refractivity contribution < 1.29 is 18.3 Å². The van der Waals surface area contributed by atoms with Gasteiger partial charge >= 0.3 is 5.97 Å². The Morgan fingerprint density at radius 3 is 2.70 bits per heavy atom. The van der Waals surface area contributed by atoms with Crippen LogP contribution in [-0.2, 0) is 14.8 Å². The van der Waals surface area contributed by atoms with E-state index >= 15 is 0 Å². The number of sulfonamides is 1. The molecule has 2 rings (SSSR count). The number of carboxylic acid groups (broad SMARTS) is 1. The third-order valence-electron chi connectivity index (χ3n) is 2.54. The first-order chi connectivity index (χ1) is 9.49. The molecule has 2 aromatic rings. The van der Waals surface area contributed by atoms with E-state index in [-0.39, 0.29) is 23.8 Å². The van der Waals surface area contributed by atoms with Crippen LogP contribution in [-0.4, -0.2) is 39.1 Å². The molecule has 0 saturated heterocycles. The largest absolute Gasteiger partial charge is 0.480 e. The Hall–Kier alpha value is -1.48. The molecule has 1 aromatic carbocycles. The molecule has 0 aliphatic carbocycles. The fourth-order valence-corrected chi connectivity index (χ4v) is 4.10. The standard InChI is InChI=1S/C12H14N2O4S2/c15-11(16)8-13-5-6-14-20(17,18)12-7-9-3-1-2-4-10(9)19-12/h1-4,7,13-14H,5-6,8H2,(H,15,16). The highest BCUT2D eigenvalue weighted by molar-refractivity contribution is 7.91. The zero-order chi connectivity index (χ0) is 14.6. The third-order valence-corrected chi connectivity index (χ3v) is 5.59. The summed E-state index contributed by atoms with van der Waals surface area (Å²) in [5, 5.41) is 11.9. The molecule has 0 spiro atoms. The van der Waals surface area contributed by atoms with E-state index in [9.17, 15) is 13.2 Å². The van der Waals surface area contributed by atoms with Crippen LogP contribution in [0.1, 0.15) is 0 Å². The molecule has 8 heteroatoms. The van der Waals surface area contributed by atoms with Crippen LogP contribution in [0, 0.1) is 0 Å². The lowest BCUT2D eigenvalue weighted by molar-refractivity contribution is -0.135. The molecule has 1 aromatic heterocycles. The lowest BCUT2D eigenvalue weighted by Crippen LogP contribution is -2.33. The van der Waals surface area contributed by atoms with E-state index in [1.54, 1.807) is 6.07 Å². The van der Waals surface area contributed by atoms with Crippen molar-refractivity contribution in [1.82, 2.24) is 10.0 Å². The zero-order valence-electron chi connectivity index (χ0n) is 10.5. The fourth-order valence-electron chi connectivity index (χ4n) is 1.63. The maximum Gasteiger partial charge on any atom is 0.317 e. The number of nitrogens with one attached hydrogen (secondary N) is 2. The Labute approximate surface area is 120 Å². The van der Waals surface area contributed by atoms with Crippen molar-refractivity contribution in [3.05, 3.63) is 30.3 Å². The van der Waals surface area contributed by atoms with E-state index in [1.165, 1.54) is 11.3 Å². The van der Waals surface area contributed by atoms with Crippen molar-refractivity contribution in [3.8, 4) is 0 Å². The van der Waals surface area contributed by atoms with Gasteiger partial charge in [-0.1, -0.05) is 18.2 Å². The van der Waals surface area contributed by atoms with Gasteiger partial charge < -0.3 is 10.4 Å². The average molecular weight is 314 g/mol. The summed E-state index contributed by atoms with van der Waals surface area (Å²) in [6.45, 7) is 0.213. The summed E-state index contributed by atoms with van der Waals surface area (Å²) in [5.41, 5.74) is 0. The van der Waals surface area contributed by atoms with Crippen molar-refractivity contribution in [1.29, 1.82) is 0 Å². The van der Waals surface area contributed by atoms with Gasteiger partial charge in [-0.05, 0) is 17.5 Å². The first kappa shape index (κ1) is 14.9. The summed E-state index contributed by atoms with van der Waals surface area (Å²) in [4.78, 5) is 10.3. The Morgan fingerprint density at radius 2 is 2.00 bits per heavy atom. The predicted octanol–water partition coefficient (Wildman–Crippen LogP) is 0.854. The minimum atomic E-state index is -3.54. The number of fused-ring (bicyclic) bond motifs is 1. The highest BCUT2D eigenvalue weighted by Crippen LogP contribution is 2.28. The first-order valence-electron chi connectivity index (χ1n) is 5.90. The molecular formula is C12H14N2O4S2. The smallest absolute Gasteiger partial charge is 0.317 e. The number of rotatable bonds is 7. The Kier molecular flexibility index (Phi) is 4.71. The molecule has 6 nitrogen and oxygen atoms in total. The summed E-state index contributed by atoms with van der Waals surface area (Å²) in [6, 6.07) is 9.08. The van der Waals surface area contributed by atoms with E-state index in [0.29, 0.717) is 0 Å². The van der Waals surface area contributed by atoms with Gasteiger partial charge in [0.05, 0.1) is 6.54 Å². The second-order valence-corrected chi connectivity index (χ2v) is 7.15. The third kappa shape index (κ3) is 3.76. The van der Waals surface area contributed by atoms with Crippen LogP contribution >= 0.6 is 11.3 Å². The molecule has 108 valence electrons. The Bertz CT molecular complexity index is 676. The van der Waals surface area contributed by atoms with Gasteiger partial charge in [-0.3, -0.25) is 4.79 Å². The lowest BCUT2D eigenvalue weighted by Gasteiger charge is -2.04. The molecule has 0 unspecified atom stereocenters. The van der Waals surface area contributed by atoms with Gasteiger partial charge in [-0.2, -0.15) is 0 Å². The summed E-state index contributed by atoms with van der Waals surface area (Å²) >= 11 is 1.21. The van der Waals surface area contributed by atoms with Gasteiger partial charge in [-0.25, -0.2) is 13.1 Å². The van der Waals surface area contributed by atoms with E-state index in [0.717, 1.165) is 10.1 Å². The van der Waals surface area contributed by atoms with Gasteiger partial charge in [0.2, 0.25) is 10.0 Å². The maximum absolute atomic E-state index is 12.1. The summed E-state index contributed by atoms with van der Waals surface area (Å²) in [7, 11) is -3.54. The summed E-state index contributed by atoms with van der Waals surface area (Å²) < 4.78 is 27.7. The van der Waals surface area contributed by atoms with Crippen LogP contribution < -0.4 is 10.0 Å². The lowest BCUT2D eigenvalue weighted by atomic mass is 10.3. The molecule has 0 aliphatic rings. The molecule has 0 aliphatic heterocycles. The monoisotopic (exact) mass is 314 g/mol. The highest BCUT2D eigenvalue weighted by atomic mass is 32.2. The normalized spacial score (nSPS) is 11.8. The molecule has 0 bridgehead atoms. The van der Waals surface area contributed by atoms with Gasteiger partial charge in [0.25, 0.3) is 0 Å². The van der Waals surface area contributed by atoms with Crippen LogP contribution in [0.15, 0.2) is 34.5 Å². The van der Waals surface area contributed by atoms with E-state index in [4.69, 9.17) is 5.11 Å². The van der Waals surface area contributed by atoms with Crippen molar-refractivity contribution in [2.75, 3.05) is 19.6 Å². The summed E-state index contributed by atoms with van der Waals surface area (Å²) in [5.74, 6) is -0.975. The molecule has 0 saturated carbocycles. The van der Waals surface area contributed by atoms with Crippen molar-refractivity contribution in [3.63, 3.8) is 0 Å². The number of aliphatic carboxylic acids is 1. The minimum absolute atomic E-state index is 0.143. The van der Waals surface area contributed by atoms with Crippen LogP contribution in [0.25, 0.3) is 10.1 Å². The SMILES string of the molecule is O=C(O)CNCCNS(=O)(=O)c1cc2ccccc2s1. The molecule has 3 N–H and O–H groups in total. The number of hydrogen-bond donors (Lipinski definition) is 3. The predicted molar refractivity (Wildman–Crippen MR) is 77.5 cm³/mol. The van der Waals surface area contributed by atoms with Crippen LogP contribution in [0.4, 0.5) is 0 Å². The second kappa shape index (κ2) is 6.31.